The smallest absolute Gasteiger partial charge is 0.338 e. The quantitative estimate of drug-likeness (QED) is 0.644. The number of amides is 1. The van der Waals surface area contributed by atoms with E-state index in [4.69, 9.17) is 4.74 Å². The van der Waals surface area contributed by atoms with E-state index in [1.165, 1.54) is 19.3 Å². The number of ether oxygens (including phenoxy) is 1. The molecule has 0 atom stereocenters. The Hall–Kier alpha value is -1.49. The molecular weight excluding hydrogens is 334 g/mol. The molecule has 1 amide bonds. The molecule has 4 saturated carbocycles. The number of esters is 1. The molecule has 1 N–H and O–H groups in total. The van der Waals surface area contributed by atoms with Crippen molar-refractivity contribution >= 4 is 23.6 Å². The Kier molecular flexibility index (Phi) is 4.52. The van der Waals surface area contributed by atoms with Gasteiger partial charge in [0.25, 0.3) is 5.91 Å². The number of hydrogen-bond donors (Lipinski definition) is 1. The van der Waals surface area contributed by atoms with Crippen LogP contribution in [0.1, 0.15) is 48.9 Å². The Morgan fingerprint density at radius 3 is 2.16 bits per heavy atom. The highest BCUT2D eigenvalue weighted by molar-refractivity contribution is 7.98. The third-order valence-electron chi connectivity index (χ3n) is 6.10. The fourth-order valence-electron chi connectivity index (χ4n) is 5.54. The molecule has 4 bridgehead atoms. The first-order valence-corrected chi connectivity index (χ1v) is 10.4. The summed E-state index contributed by atoms with van der Waals surface area (Å²) in [4.78, 5) is 25.6. The molecule has 0 heterocycles. The van der Waals surface area contributed by atoms with E-state index in [2.05, 4.69) is 5.32 Å². The van der Waals surface area contributed by atoms with Crippen molar-refractivity contribution in [3.63, 3.8) is 0 Å². The molecular formula is C20H25NO3S. The van der Waals surface area contributed by atoms with Gasteiger partial charge in [-0.25, -0.2) is 4.79 Å². The van der Waals surface area contributed by atoms with Crippen LogP contribution in [-0.2, 0) is 9.53 Å². The Morgan fingerprint density at radius 1 is 1.08 bits per heavy atom. The van der Waals surface area contributed by atoms with Crippen LogP contribution in [0.25, 0.3) is 0 Å². The molecule has 25 heavy (non-hydrogen) atoms. The molecule has 134 valence electrons. The molecule has 0 aliphatic heterocycles. The minimum atomic E-state index is -0.437. The average Bonchev–Trinajstić information content (AvgIpc) is 2.58. The average molecular weight is 359 g/mol. The zero-order valence-corrected chi connectivity index (χ0v) is 15.4. The van der Waals surface area contributed by atoms with E-state index in [9.17, 15) is 9.59 Å². The molecule has 0 radical (unpaired) electrons. The minimum absolute atomic E-state index is 0.0295. The van der Waals surface area contributed by atoms with Crippen molar-refractivity contribution < 1.29 is 14.3 Å². The third-order valence-corrected chi connectivity index (χ3v) is 6.85. The summed E-state index contributed by atoms with van der Waals surface area (Å²) in [5.41, 5.74) is 0.457. The second-order valence-electron chi connectivity index (χ2n) is 8.05. The lowest BCUT2D eigenvalue weighted by Gasteiger charge is -2.56. The highest BCUT2D eigenvalue weighted by atomic mass is 32.2. The molecule has 0 spiro atoms. The summed E-state index contributed by atoms with van der Waals surface area (Å²) < 4.78 is 5.22. The monoisotopic (exact) mass is 359 g/mol. The fourth-order valence-corrected chi connectivity index (χ4v) is 5.95. The largest absolute Gasteiger partial charge is 0.452 e. The predicted molar refractivity (Wildman–Crippen MR) is 97.6 cm³/mol. The first kappa shape index (κ1) is 17.0. The standard InChI is InChI=1S/C20H25NO3S/c1-25-17-4-2-16(3-5-17)19(23)24-12-18(22)21-20-9-13-6-14(10-20)8-15(7-13)11-20/h2-5,13-15H,6-12H2,1H3,(H,21,22). The van der Waals surface area contributed by atoms with E-state index >= 15 is 0 Å². The van der Waals surface area contributed by atoms with Crippen LogP contribution in [0.4, 0.5) is 0 Å². The Morgan fingerprint density at radius 2 is 1.64 bits per heavy atom. The van der Waals surface area contributed by atoms with Gasteiger partial charge in [-0.3, -0.25) is 4.79 Å². The Labute approximate surface area is 153 Å². The number of carbonyl (C=O) groups is 2. The van der Waals surface area contributed by atoms with Gasteiger partial charge in [0.2, 0.25) is 0 Å². The van der Waals surface area contributed by atoms with Gasteiger partial charge >= 0.3 is 5.97 Å². The van der Waals surface area contributed by atoms with Crippen molar-refractivity contribution in [3.8, 4) is 0 Å². The van der Waals surface area contributed by atoms with Gasteiger partial charge < -0.3 is 10.1 Å². The zero-order chi connectivity index (χ0) is 17.4. The minimum Gasteiger partial charge on any atom is -0.452 e. The molecule has 4 aliphatic carbocycles. The van der Waals surface area contributed by atoms with Gasteiger partial charge in [0.15, 0.2) is 6.61 Å². The van der Waals surface area contributed by atoms with Gasteiger partial charge in [-0.2, -0.15) is 0 Å². The number of benzene rings is 1. The zero-order valence-electron chi connectivity index (χ0n) is 14.6. The van der Waals surface area contributed by atoms with Crippen molar-refractivity contribution in [2.45, 2.75) is 49.0 Å². The molecule has 5 heteroatoms. The molecule has 4 aliphatic rings. The molecule has 4 nitrogen and oxygen atoms in total. The third kappa shape index (κ3) is 3.57. The molecule has 5 rings (SSSR count). The number of thioether (sulfide) groups is 1. The van der Waals surface area contributed by atoms with Crippen LogP contribution in [0.15, 0.2) is 29.2 Å². The lowest BCUT2D eigenvalue weighted by molar-refractivity contribution is -0.130. The summed E-state index contributed by atoms with van der Waals surface area (Å²) in [7, 11) is 0. The normalized spacial score (nSPS) is 32.4. The second kappa shape index (κ2) is 6.67. The van der Waals surface area contributed by atoms with Crippen molar-refractivity contribution in [3.05, 3.63) is 29.8 Å². The molecule has 1 aromatic carbocycles. The maximum absolute atomic E-state index is 12.4. The highest BCUT2D eigenvalue weighted by Gasteiger charge is 2.51. The fraction of sp³-hybridized carbons (Fsp3) is 0.600. The maximum atomic E-state index is 12.4. The number of nitrogens with one attached hydrogen (secondary N) is 1. The molecule has 1 aromatic rings. The topological polar surface area (TPSA) is 55.4 Å². The van der Waals surface area contributed by atoms with Gasteiger partial charge in [-0.15, -0.1) is 11.8 Å². The Bertz CT molecular complexity index is 635. The summed E-state index contributed by atoms with van der Waals surface area (Å²) in [5.74, 6) is 1.75. The number of hydrogen-bond acceptors (Lipinski definition) is 4. The van der Waals surface area contributed by atoms with E-state index in [0.717, 1.165) is 41.9 Å². The first-order valence-electron chi connectivity index (χ1n) is 9.17. The molecule has 0 unspecified atom stereocenters. The summed E-state index contributed by atoms with van der Waals surface area (Å²) in [6.45, 7) is -0.190. The van der Waals surface area contributed by atoms with Crippen molar-refractivity contribution in [1.29, 1.82) is 0 Å². The summed E-state index contributed by atoms with van der Waals surface area (Å²) >= 11 is 1.62. The van der Waals surface area contributed by atoms with Crippen molar-refractivity contribution in [2.75, 3.05) is 12.9 Å². The first-order chi connectivity index (χ1) is 12.0. The van der Waals surface area contributed by atoms with Crippen LogP contribution < -0.4 is 5.32 Å². The van der Waals surface area contributed by atoms with Gasteiger partial charge in [-0.05, 0) is 86.8 Å². The summed E-state index contributed by atoms with van der Waals surface area (Å²) in [6.07, 6.45) is 9.34. The molecule has 4 fully saturated rings. The van der Waals surface area contributed by atoms with Crippen LogP contribution in [0, 0.1) is 17.8 Å². The van der Waals surface area contributed by atoms with E-state index in [1.54, 1.807) is 23.9 Å². The summed E-state index contributed by atoms with van der Waals surface area (Å²) in [6, 6.07) is 7.25. The number of carbonyl (C=O) groups excluding carboxylic acids is 2. The number of rotatable bonds is 5. The van der Waals surface area contributed by atoms with E-state index in [1.807, 2.05) is 18.4 Å². The van der Waals surface area contributed by atoms with Gasteiger partial charge in [0, 0.05) is 10.4 Å². The van der Waals surface area contributed by atoms with Crippen molar-refractivity contribution in [1.82, 2.24) is 5.32 Å². The maximum Gasteiger partial charge on any atom is 0.338 e. The van der Waals surface area contributed by atoms with Crippen LogP contribution >= 0.6 is 11.8 Å². The van der Waals surface area contributed by atoms with Crippen LogP contribution in [-0.4, -0.2) is 30.3 Å². The second-order valence-corrected chi connectivity index (χ2v) is 8.93. The Balaban J connectivity index is 1.31. The van der Waals surface area contributed by atoms with Crippen LogP contribution in [0.3, 0.4) is 0 Å². The lowest BCUT2D eigenvalue weighted by Crippen LogP contribution is -2.60. The van der Waals surface area contributed by atoms with Crippen molar-refractivity contribution in [2.24, 2.45) is 17.8 Å². The van der Waals surface area contributed by atoms with Gasteiger partial charge in [0.05, 0.1) is 5.56 Å². The lowest BCUT2D eigenvalue weighted by atomic mass is 9.53. The van der Waals surface area contributed by atoms with E-state index in [-0.39, 0.29) is 18.1 Å². The molecule has 0 saturated heterocycles. The highest BCUT2D eigenvalue weighted by Crippen LogP contribution is 2.55. The van der Waals surface area contributed by atoms with Crippen LogP contribution in [0.5, 0.6) is 0 Å². The van der Waals surface area contributed by atoms with Gasteiger partial charge in [-0.1, -0.05) is 0 Å². The van der Waals surface area contributed by atoms with E-state index in [0.29, 0.717) is 5.56 Å². The van der Waals surface area contributed by atoms with Crippen LogP contribution in [0.2, 0.25) is 0 Å². The van der Waals surface area contributed by atoms with E-state index < -0.39 is 5.97 Å². The van der Waals surface area contributed by atoms with Gasteiger partial charge in [0.1, 0.15) is 0 Å². The molecule has 0 aromatic heterocycles. The summed E-state index contributed by atoms with van der Waals surface area (Å²) in [5, 5.41) is 3.23. The predicted octanol–water partition coefficient (Wildman–Crippen LogP) is 3.65. The SMILES string of the molecule is CSc1ccc(C(=O)OCC(=O)NC23CC4CC(CC(C4)C2)C3)cc1.